The van der Waals surface area contributed by atoms with E-state index in [0.29, 0.717) is 17.0 Å². The van der Waals surface area contributed by atoms with Crippen LogP contribution in [0.25, 0.3) is 6.08 Å². The molecule has 0 aromatic heterocycles. The van der Waals surface area contributed by atoms with Crippen LogP contribution >= 0.6 is 11.8 Å². The molecule has 0 aliphatic carbocycles. The fourth-order valence-electron chi connectivity index (χ4n) is 3.42. The van der Waals surface area contributed by atoms with E-state index >= 15 is 0 Å². The standard InChI is InChI=1S/C22H23N3O2S/c26-21(23-11-14-25-12-3-4-13-25)17-9-7-16(8-10-17)15-20-22(27)24-18-5-1-2-6-19(18)28-20/h1-2,5-10,15H,3-4,11-14H2,(H,23,26)(H,24,27). The molecule has 5 nitrogen and oxygen atoms in total. The molecule has 0 spiro atoms. The summed E-state index contributed by atoms with van der Waals surface area (Å²) < 4.78 is 0. The highest BCUT2D eigenvalue weighted by Crippen LogP contribution is 2.38. The van der Waals surface area contributed by atoms with Gasteiger partial charge in [0.05, 0.1) is 10.6 Å². The van der Waals surface area contributed by atoms with Gasteiger partial charge in [0, 0.05) is 23.5 Å². The Morgan fingerprint density at radius 1 is 1.11 bits per heavy atom. The van der Waals surface area contributed by atoms with E-state index in [1.165, 1.54) is 24.6 Å². The number of thioether (sulfide) groups is 1. The molecule has 0 radical (unpaired) electrons. The molecule has 144 valence electrons. The van der Waals surface area contributed by atoms with E-state index in [-0.39, 0.29) is 11.8 Å². The first-order valence-corrected chi connectivity index (χ1v) is 10.4. The van der Waals surface area contributed by atoms with Crippen LogP contribution in [0.3, 0.4) is 0 Å². The molecule has 2 aromatic carbocycles. The van der Waals surface area contributed by atoms with Crippen LogP contribution in [0.2, 0.25) is 0 Å². The van der Waals surface area contributed by atoms with Gasteiger partial charge in [-0.15, -0.1) is 0 Å². The molecule has 1 fully saturated rings. The number of carbonyl (C=O) groups excluding carboxylic acids is 2. The number of para-hydroxylation sites is 1. The molecule has 1 saturated heterocycles. The first-order chi connectivity index (χ1) is 13.7. The Labute approximate surface area is 169 Å². The highest BCUT2D eigenvalue weighted by atomic mass is 32.2. The van der Waals surface area contributed by atoms with E-state index in [1.54, 1.807) is 12.1 Å². The Hall–Kier alpha value is -2.57. The normalized spacial score (nSPS) is 18.0. The van der Waals surface area contributed by atoms with Crippen molar-refractivity contribution in [2.24, 2.45) is 0 Å². The lowest BCUT2D eigenvalue weighted by Crippen LogP contribution is -2.33. The van der Waals surface area contributed by atoms with Crippen LogP contribution in [0.1, 0.15) is 28.8 Å². The first kappa shape index (κ1) is 18.8. The van der Waals surface area contributed by atoms with Gasteiger partial charge in [-0.25, -0.2) is 0 Å². The quantitative estimate of drug-likeness (QED) is 0.762. The number of rotatable bonds is 5. The summed E-state index contributed by atoms with van der Waals surface area (Å²) in [6.07, 6.45) is 4.37. The van der Waals surface area contributed by atoms with Crippen molar-refractivity contribution in [3.8, 4) is 0 Å². The average Bonchev–Trinajstić information content (AvgIpc) is 3.22. The fourth-order valence-corrected chi connectivity index (χ4v) is 4.37. The van der Waals surface area contributed by atoms with Crippen LogP contribution < -0.4 is 10.6 Å². The van der Waals surface area contributed by atoms with E-state index in [9.17, 15) is 9.59 Å². The molecule has 0 unspecified atom stereocenters. The number of anilines is 1. The summed E-state index contributed by atoms with van der Waals surface area (Å²) >= 11 is 1.46. The van der Waals surface area contributed by atoms with Crippen molar-refractivity contribution in [1.29, 1.82) is 0 Å². The van der Waals surface area contributed by atoms with Gasteiger partial charge in [-0.2, -0.15) is 0 Å². The average molecular weight is 394 g/mol. The Morgan fingerprint density at radius 3 is 2.64 bits per heavy atom. The number of benzene rings is 2. The number of nitrogens with one attached hydrogen (secondary N) is 2. The third kappa shape index (κ3) is 4.46. The van der Waals surface area contributed by atoms with Crippen LogP contribution in [0.15, 0.2) is 58.3 Å². The van der Waals surface area contributed by atoms with E-state index in [0.717, 1.165) is 35.8 Å². The summed E-state index contributed by atoms with van der Waals surface area (Å²) in [5, 5.41) is 5.89. The molecule has 2 heterocycles. The molecule has 0 bridgehead atoms. The van der Waals surface area contributed by atoms with Crippen LogP contribution in [0.4, 0.5) is 5.69 Å². The monoisotopic (exact) mass is 393 g/mol. The lowest BCUT2D eigenvalue weighted by Gasteiger charge is -2.18. The van der Waals surface area contributed by atoms with Crippen LogP contribution in [0, 0.1) is 0 Å². The topological polar surface area (TPSA) is 61.4 Å². The maximum Gasteiger partial charge on any atom is 0.262 e. The first-order valence-electron chi connectivity index (χ1n) is 9.59. The Morgan fingerprint density at radius 2 is 1.86 bits per heavy atom. The van der Waals surface area contributed by atoms with Gasteiger partial charge >= 0.3 is 0 Å². The van der Waals surface area contributed by atoms with Crippen molar-refractivity contribution in [2.45, 2.75) is 17.7 Å². The molecule has 2 aliphatic heterocycles. The van der Waals surface area contributed by atoms with Gasteiger partial charge in [0.15, 0.2) is 0 Å². The zero-order chi connectivity index (χ0) is 19.3. The highest BCUT2D eigenvalue weighted by molar-refractivity contribution is 8.04. The number of hydrogen-bond donors (Lipinski definition) is 2. The second kappa shape index (κ2) is 8.63. The maximum atomic E-state index is 12.3. The number of hydrogen-bond acceptors (Lipinski definition) is 4. The van der Waals surface area contributed by atoms with Crippen LogP contribution in [-0.2, 0) is 4.79 Å². The molecule has 28 heavy (non-hydrogen) atoms. The van der Waals surface area contributed by atoms with Crippen molar-refractivity contribution in [2.75, 3.05) is 31.5 Å². The summed E-state index contributed by atoms with van der Waals surface area (Å²) in [6, 6.07) is 15.1. The summed E-state index contributed by atoms with van der Waals surface area (Å²) in [7, 11) is 0. The van der Waals surface area contributed by atoms with E-state index in [1.807, 2.05) is 42.5 Å². The van der Waals surface area contributed by atoms with Gasteiger partial charge in [0.1, 0.15) is 0 Å². The largest absolute Gasteiger partial charge is 0.351 e. The predicted molar refractivity (Wildman–Crippen MR) is 113 cm³/mol. The molecule has 2 amide bonds. The lowest BCUT2D eigenvalue weighted by molar-refractivity contribution is -0.112. The van der Waals surface area contributed by atoms with Gasteiger partial charge in [0.2, 0.25) is 0 Å². The zero-order valence-corrected chi connectivity index (χ0v) is 16.4. The fraction of sp³-hybridized carbons (Fsp3) is 0.273. The minimum atomic E-state index is -0.104. The SMILES string of the molecule is O=C1Nc2ccccc2SC1=Cc1ccc(C(=O)NCCN2CCCC2)cc1. The van der Waals surface area contributed by atoms with Gasteiger partial charge in [-0.1, -0.05) is 36.0 Å². The van der Waals surface area contributed by atoms with Gasteiger partial charge in [-0.3, -0.25) is 9.59 Å². The summed E-state index contributed by atoms with van der Waals surface area (Å²) in [5.41, 5.74) is 2.37. The Bertz CT molecular complexity index is 902. The molecular formula is C22H23N3O2S. The van der Waals surface area contributed by atoms with Crippen molar-refractivity contribution < 1.29 is 9.59 Å². The second-order valence-electron chi connectivity index (χ2n) is 6.99. The summed E-state index contributed by atoms with van der Waals surface area (Å²) in [4.78, 5) is 28.6. The van der Waals surface area contributed by atoms with Crippen molar-refractivity contribution >= 4 is 35.3 Å². The molecule has 2 aromatic rings. The Balaban J connectivity index is 1.37. The minimum Gasteiger partial charge on any atom is -0.351 e. The molecule has 6 heteroatoms. The van der Waals surface area contributed by atoms with Crippen molar-refractivity contribution in [3.05, 3.63) is 64.6 Å². The number of nitrogens with zero attached hydrogens (tertiary/aromatic N) is 1. The smallest absolute Gasteiger partial charge is 0.262 e. The van der Waals surface area contributed by atoms with Crippen LogP contribution in [-0.4, -0.2) is 42.9 Å². The molecular weight excluding hydrogens is 370 g/mol. The summed E-state index contributed by atoms with van der Waals surface area (Å²) in [5.74, 6) is -0.162. The maximum absolute atomic E-state index is 12.3. The Kier molecular flexibility index (Phi) is 5.78. The summed E-state index contributed by atoms with van der Waals surface area (Å²) in [6.45, 7) is 3.84. The predicted octanol–water partition coefficient (Wildman–Crippen LogP) is 3.60. The molecule has 4 rings (SSSR count). The molecule has 2 N–H and O–H groups in total. The lowest BCUT2D eigenvalue weighted by atomic mass is 10.1. The minimum absolute atomic E-state index is 0.0582. The zero-order valence-electron chi connectivity index (χ0n) is 15.6. The molecule has 2 aliphatic rings. The second-order valence-corrected chi connectivity index (χ2v) is 8.07. The number of likely N-dealkylation sites (tertiary alicyclic amines) is 1. The number of fused-ring (bicyclic) bond motifs is 1. The number of amides is 2. The third-order valence-electron chi connectivity index (χ3n) is 4.96. The molecule has 0 atom stereocenters. The number of carbonyl (C=O) groups is 2. The van der Waals surface area contributed by atoms with E-state index in [4.69, 9.17) is 0 Å². The van der Waals surface area contributed by atoms with Gasteiger partial charge in [-0.05, 0) is 61.8 Å². The van der Waals surface area contributed by atoms with E-state index < -0.39 is 0 Å². The van der Waals surface area contributed by atoms with Crippen LogP contribution in [0.5, 0.6) is 0 Å². The van der Waals surface area contributed by atoms with E-state index in [2.05, 4.69) is 15.5 Å². The van der Waals surface area contributed by atoms with Crippen molar-refractivity contribution in [1.82, 2.24) is 10.2 Å². The van der Waals surface area contributed by atoms with Crippen molar-refractivity contribution in [3.63, 3.8) is 0 Å². The third-order valence-corrected chi connectivity index (χ3v) is 6.06. The molecule has 0 saturated carbocycles. The highest BCUT2D eigenvalue weighted by Gasteiger charge is 2.20. The van der Waals surface area contributed by atoms with Gasteiger partial charge in [0.25, 0.3) is 11.8 Å². The van der Waals surface area contributed by atoms with Gasteiger partial charge < -0.3 is 15.5 Å².